The minimum absolute atomic E-state index is 0.405. The lowest BCUT2D eigenvalue weighted by Crippen LogP contribution is -2.21. The summed E-state index contributed by atoms with van der Waals surface area (Å²) < 4.78 is 29.6. The maximum atomic E-state index is 12.8. The topological polar surface area (TPSA) is 49.7 Å². The Hall–Kier alpha value is -0.845. The van der Waals surface area contributed by atoms with Crippen molar-refractivity contribution < 1.29 is 23.5 Å². The van der Waals surface area contributed by atoms with Crippen LogP contribution in [0.4, 0.5) is 8.78 Å². The predicted molar refractivity (Wildman–Crippen MR) is 42.2 cm³/mol. The second-order valence-electron chi connectivity index (χ2n) is 2.12. The molecule has 7 heteroatoms. The van der Waals surface area contributed by atoms with Gasteiger partial charge in [-0.2, -0.15) is 4.39 Å². The van der Waals surface area contributed by atoms with Crippen LogP contribution in [0.3, 0.4) is 0 Å². The Balaban J connectivity index is 3.04. The molecule has 1 aromatic carbocycles. The van der Waals surface area contributed by atoms with Crippen molar-refractivity contribution in [2.24, 2.45) is 0 Å². The van der Waals surface area contributed by atoms with Gasteiger partial charge in [0.05, 0.1) is 5.02 Å². The molecule has 0 atom stereocenters. The molecule has 0 fully saturated rings. The van der Waals surface area contributed by atoms with Crippen LogP contribution >= 0.6 is 11.6 Å². The SMILES string of the molecule is OB(O)Oc1ccc(Cl)c(F)c1F. The van der Waals surface area contributed by atoms with E-state index in [0.717, 1.165) is 12.1 Å². The van der Waals surface area contributed by atoms with E-state index >= 15 is 0 Å². The fourth-order valence-electron chi connectivity index (χ4n) is 0.713. The van der Waals surface area contributed by atoms with Gasteiger partial charge < -0.3 is 14.7 Å². The third-order valence-electron chi connectivity index (χ3n) is 1.23. The number of hydrogen-bond donors (Lipinski definition) is 2. The molecule has 0 saturated heterocycles. The number of hydrogen-bond acceptors (Lipinski definition) is 3. The fraction of sp³-hybridized carbons (Fsp3) is 0. The summed E-state index contributed by atoms with van der Waals surface area (Å²) in [5.74, 6) is -3.27. The van der Waals surface area contributed by atoms with E-state index in [1.165, 1.54) is 0 Å². The molecule has 1 rings (SSSR count). The molecular formula is C6H4BClF2O3. The van der Waals surface area contributed by atoms with Crippen LogP contribution in [-0.4, -0.2) is 17.4 Å². The van der Waals surface area contributed by atoms with E-state index in [4.69, 9.17) is 21.6 Å². The molecule has 0 aliphatic rings. The largest absolute Gasteiger partial charge is 0.707 e. The monoisotopic (exact) mass is 208 g/mol. The zero-order chi connectivity index (χ0) is 10.0. The third-order valence-corrected chi connectivity index (χ3v) is 1.52. The van der Waals surface area contributed by atoms with Gasteiger partial charge in [0.2, 0.25) is 0 Å². The molecular weight excluding hydrogens is 204 g/mol. The number of benzene rings is 1. The maximum absolute atomic E-state index is 12.8. The van der Waals surface area contributed by atoms with Crippen LogP contribution in [0.1, 0.15) is 0 Å². The quantitative estimate of drug-likeness (QED) is 0.562. The summed E-state index contributed by atoms with van der Waals surface area (Å²) >= 11 is 5.23. The van der Waals surface area contributed by atoms with Crippen LogP contribution in [0, 0.1) is 11.6 Å². The van der Waals surface area contributed by atoms with Crippen molar-refractivity contribution in [1.82, 2.24) is 0 Å². The van der Waals surface area contributed by atoms with Crippen molar-refractivity contribution in [2.45, 2.75) is 0 Å². The normalized spacial score (nSPS) is 9.92. The number of halogens is 3. The molecule has 2 N–H and O–H groups in total. The predicted octanol–water partition coefficient (Wildman–Crippen LogP) is 0.966. The van der Waals surface area contributed by atoms with E-state index in [-0.39, 0.29) is 0 Å². The van der Waals surface area contributed by atoms with Gasteiger partial charge in [0.15, 0.2) is 11.6 Å². The molecule has 70 valence electrons. The van der Waals surface area contributed by atoms with Crippen LogP contribution in [0.15, 0.2) is 12.1 Å². The average Bonchev–Trinajstić information content (AvgIpc) is 2.06. The van der Waals surface area contributed by atoms with Crippen LogP contribution in [0.25, 0.3) is 0 Å². The highest BCUT2D eigenvalue weighted by Crippen LogP contribution is 2.25. The molecule has 0 aliphatic heterocycles. The van der Waals surface area contributed by atoms with Crippen molar-refractivity contribution in [3.63, 3.8) is 0 Å². The lowest BCUT2D eigenvalue weighted by atomic mass is 10.2. The van der Waals surface area contributed by atoms with E-state index in [9.17, 15) is 8.78 Å². The summed E-state index contributed by atoms with van der Waals surface area (Å²) in [4.78, 5) is 0. The molecule has 0 bridgehead atoms. The summed E-state index contributed by atoms with van der Waals surface area (Å²) in [5, 5.41) is 16.2. The van der Waals surface area contributed by atoms with E-state index in [1.807, 2.05) is 0 Å². The Morgan fingerprint density at radius 2 is 1.85 bits per heavy atom. The Kier molecular flexibility index (Phi) is 3.08. The van der Waals surface area contributed by atoms with E-state index in [1.54, 1.807) is 0 Å². The summed E-state index contributed by atoms with van der Waals surface area (Å²) in [6.45, 7) is 0. The van der Waals surface area contributed by atoms with Crippen molar-refractivity contribution >= 4 is 18.9 Å². The van der Waals surface area contributed by atoms with Crippen LogP contribution in [-0.2, 0) is 0 Å². The van der Waals surface area contributed by atoms with Gasteiger partial charge in [0.25, 0.3) is 0 Å². The molecule has 0 amide bonds. The minimum atomic E-state index is -2.20. The maximum Gasteiger partial charge on any atom is 0.707 e. The van der Waals surface area contributed by atoms with Crippen LogP contribution in [0.5, 0.6) is 5.75 Å². The van der Waals surface area contributed by atoms with Crippen LogP contribution < -0.4 is 4.65 Å². The second-order valence-corrected chi connectivity index (χ2v) is 2.52. The molecule has 0 unspecified atom stereocenters. The van der Waals surface area contributed by atoms with Gasteiger partial charge in [-0.1, -0.05) is 11.6 Å². The zero-order valence-electron chi connectivity index (χ0n) is 6.17. The Morgan fingerprint density at radius 1 is 1.23 bits per heavy atom. The molecule has 0 saturated carbocycles. The Bertz CT molecular complexity index is 321. The Morgan fingerprint density at radius 3 is 2.38 bits per heavy atom. The Labute approximate surface area is 77.7 Å². The molecule has 3 nitrogen and oxygen atoms in total. The molecule has 13 heavy (non-hydrogen) atoms. The van der Waals surface area contributed by atoms with Gasteiger partial charge in [-0.25, -0.2) is 4.39 Å². The van der Waals surface area contributed by atoms with E-state index < -0.39 is 29.7 Å². The molecule has 0 heterocycles. The van der Waals surface area contributed by atoms with Crippen molar-refractivity contribution in [2.75, 3.05) is 0 Å². The van der Waals surface area contributed by atoms with Crippen molar-refractivity contribution in [1.29, 1.82) is 0 Å². The van der Waals surface area contributed by atoms with Gasteiger partial charge in [-0.05, 0) is 12.1 Å². The second kappa shape index (κ2) is 3.91. The first-order valence-electron chi connectivity index (χ1n) is 3.18. The van der Waals surface area contributed by atoms with Gasteiger partial charge in [0.1, 0.15) is 5.75 Å². The van der Waals surface area contributed by atoms with Gasteiger partial charge in [0, 0.05) is 0 Å². The summed E-state index contributed by atoms with van der Waals surface area (Å²) in [5.41, 5.74) is 0. The third kappa shape index (κ3) is 2.30. The zero-order valence-corrected chi connectivity index (χ0v) is 6.92. The summed E-state index contributed by atoms with van der Waals surface area (Å²) in [6, 6.07) is 2.03. The average molecular weight is 208 g/mol. The highest BCUT2D eigenvalue weighted by molar-refractivity contribution is 6.34. The summed E-state index contributed by atoms with van der Waals surface area (Å²) in [7, 11) is -2.20. The van der Waals surface area contributed by atoms with Gasteiger partial charge in [-0.3, -0.25) is 0 Å². The summed E-state index contributed by atoms with van der Waals surface area (Å²) in [6.07, 6.45) is 0. The van der Waals surface area contributed by atoms with Crippen LogP contribution in [0.2, 0.25) is 5.02 Å². The molecule has 0 spiro atoms. The molecule has 0 aromatic heterocycles. The smallest absolute Gasteiger partial charge is 0.509 e. The lowest BCUT2D eigenvalue weighted by Gasteiger charge is -2.06. The van der Waals surface area contributed by atoms with Crippen molar-refractivity contribution in [3.05, 3.63) is 28.8 Å². The van der Waals surface area contributed by atoms with E-state index in [2.05, 4.69) is 4.65 Å². The standard InChI is InChI=1S/C6H4BClF2O3/c8-3-1-2-4(13-7(11)12)6(10)5(3)9/h1-2,11-12H. The van der Waals surface area contributed by atoms with Gasteiger partial charge in [-0.15, -0.1) is 0 Å². The fourth-order valence-corrected chi connectivity index (χ4v) is 0.859. The lowest BCUT2D eigenvalue weighted by molar-refractivity contribution is 0.279. The first kappa shape index (κ1) is 10.2. The highest BCUT2D eigenvalue weighted by atomic mass is 35.5. The molecule has 1 aromatic rings. The number of rotatable bonds is 2. The van der Waals surface area contributed by atoms with Gasteiger partial charge >= 0.3 is 7.32 Å². The molecule has 0 radical (unpaired) electrons. The van der Waals surface area contributed by atoms with Crippen molar-refractivity contribution in [3.8, 4) is 5.75 Å². The first-order chi connectivity index (χ1) is 6.02. The van der Waals surface area contributed by atoms with E-state index in [0.29, 0.717) is 0 Å². The minimum Gasteiger partial charge on any atom is -0.509 e. The molecule has 0 aliphatic carbocycles. The first-order valence-corrected chi connectivity index (χ1v) is 3.56. The highest BCUT2D eigenvalue weighted by Gasteiger charge is 2.18.